The third-order valence-corrected chi connectivity index (χ3v) is 6.59. The average molecular weight is 380 g/mol. The van der Waals surface area contributed by atoms with E-state index in [2.05, 4.69) is 4.98 Å². The van der Waals surface area contributed by atoms with E-state index in [1.807, 2.05) is 12.3 Å². The van der Waals surface area contributed by atoms with E-state index < -0.39 is 9.84 Å². The van der Waals surface area contributed by atoms with Crippen molar-refractivity contribution in [3.63, 3.8) is 0 Å². The van der Waals surface area contributed by atoms with Crippen LogP contribution in [0.4, 0.5) is 0 Å². The second-order valence-electron chi connectivity index (χ2n) is 5.94. The maximum Gasteiger partial charge on any atom is 0.254 e. The number of amides is 1. The molecule has 1 aromatic carbocycles. The first-order valence-electron chi connectivity index (χ1n) is 8.10. The number of aromatic nitrogens is 1. The third-order valence-electron chi connectivity index (χ3n) is 4.20. The molecule has 0 saturated carbocycles. The van der Waals surface area contributed by atoms with E-state index in [9.17, 15) is 13.2 Å². The lowest BCUT2D eigenvalue weighted by molar-refractivity contribution is 0.0708. The van der Waals surface area contributed by atoms with E-state index in [1.54, 1.807) is 34.7 Å². The van der Waals surface area contributed by atoms with Crippen LogP contribution < -0.4 is 4.74 Å². The fraction of sp³-hybridized carbons (Fsp3) is 0.412. The molecule has 1 fully saturated rings. The van der Waals surface area contributed by atoms with Gasteiger partial charge >= 0.3 is 0 Å². The maximum atomic E-state index is 12.8. The lowest BCUT2D eigenvalue weighted by Gasteiger charge is -2.27. The number of rotatable bonds is 6. The summed E-state index contributed by atoms with van der Waals surface area (Å²) in [5.74, 6) is 0.628. The number of sulfone groups is 1. The van der Waals surface area contributed by atoms with Gasteiger partial charge in [0.25, 0.3) is 5.91 Å². The zero-order valence-electron chi connectivity index (χ0n) is 13.9. The van der Waals surface area contributed by atoms with Gasteiger partial charge in [-0.2, -0.15) is 0 Å². The summed E-state index contributed by atoms with van der Waals surface area (Å²) in [7, 11) is -3.03. The molecule has 0 spiro atoms. The first-order valence-corrected chi connectivity index (χ1v) is 10.9. The Labute approximate surface area is 151 Å². The Bertz CT molecular complexity index is 834. The minimum Gasteiger partial charge on any atom is -0.487 e. The fourth-order valence-corrected chi connectivity index (χ4v) is 5.21. The molecule has 1 saturated heterocycles. The van der Waals surface area contributed by atoms with Crippen LogP contribution in [0.25, 0.3) is 0 Å². The van der Waals surface area contributed by atoms with Gasteiger partial charge in [0.05, 0.1) is 22.7 Å². The molecule has 1 unspecified atom stereocenters. The highest BCUT2D eigenvalue weighted by Crippen LogP contribution is 2.22. The molecule has 2 heterocycles. The molecule has 0 radical (unpaired) electrons. The van der Waals surface area contributed by atoms with Crippen LogP contribution in [-0.4, -0.2) is 48.3 Å². The summed E-state index contributed by atoms with van der Waals surface area (Å²) in [6, 6.07) is 6.73. The molecule has 25 heavy (non-hydrogen) atoms. The molecule has 1 aromatic heterocycles. The molecule has 0 N–H and O–H groups in total. The number of hydrogen-bond donors (Lipinski definition) is 0. The number of ether oxygens (including phenoxy) is 1. The average Bonchev–Trinajstić information content (AvgIpc) is 3.23. The molecule has 1 aliphatic rings. The van der Waals surface area contributed by atoms with Crippen molar-refractivity contribution in [3.8, 4) is 5.75 Å². The van der Waals surface area contributed by atoms with E-state index >= 15 is 0 Å². The molecular formula is C17H20N2O4S2. The highest BCUT2D eigenvalue weighted by Gasteiger charge is 2.34. The highest BCUT2D eigenvalue weighted by atomic mass is 32.2. The van der Waals surface area contributed by atoms with Crippen molar-refractivity contribution in [3.05, 3.63) is 46.4 Å². The smallest absolute Gasteiger partial charge is 0.254 e. The van der Waals surface area contributed by atoms with Crippen molar-refractivity contribution < 1.29 is 17.9 Å². The van der Waals surface area contributed by atoms with Crippen LogP contribution in [-0.2, 0) is 16.4 Å². The van der Waals surface area contributed by atoms with Gasteiger partial charge in [0, 0.05) is 23.5 Å². The zero-order valence-corrected chi connectivity index (χ0v) is 15.6. The zero-order chi connectivity index (χ0) is 17.9. The predicted molar refractivity (Wildman–Crippen MR) is 96.7 cm³/mol. The van der Waals surface area contributed by atoms with Gasteiger partial charge in [-0.3, -0.25) is 4.79 Å². The van der Waals surface area contributed by atoms with E-state index in [1.165, 1.54) is 11.3 Å². The Morgan fingerprint density at radius 1 is 1.44 bits per heavy atom. The van der Waals surface area contributed by atoms with Crippen LogP contribution in [0.2, 0.25) is 0 Å². The van der Waals surface area contributed by atoms with Crippen molar-refractivity contribution in [1.29, 1.82) is 0 Å². The van der Waals surface area contributed by atoms with Crippen molar-refractivity contribution in [2.75, 3.05) is 18.1 Å². The van der Waals surface area contributed by atoms with Gasteiger partial charge in [0.1, 0.15) is 12.4 Å². The van der Waals surface area contributed by atoms with Gasteiger partial charge in [-0.15, -0.1) is 11.3 Å². The molecule has 1 amide bonds. The molecule has 134 valence electrons. The number of nitrogens with zero attached hydrogens (tertiary/aromatic N) is 2. The third kappa shape index (κ3) is 4.38. The SMILES string of the molecule is CCN(C(=O)c1cccc(OCc2cscn2)c1)C1CCS(=O)(=O)C1. The molecule has 0 aliphatic carbocycles. The van der Waals surface area contributed by atoms with E-state index in [-0.39, 0.29) is 23.5 Å². The second-order valence-corrected chi connectivity index (χ2v) is 8.89. The molecular weight excluding hydrogens is 360 g/mol. The van der Waals surface area contributed by atoms with Crippen molar-refractivity contribution in [2.24, 2.45) is 0 Å². The topological polar surface area (TPSA) is 76.6 Å². The summed E-state index contributed by atoms with van der Waals surface area (Å²) in [5.41, 5.74) is 3.09. The first-order chi connectivity index (χ1) is 12.0. The van der Waals surface area contributed by atoms with Gasteiger partial charge in [-0.1, -0.05) is 6.07 Å². The molecule has 1 atom stereocenters. The summed E-state index contributed by atoms with van der Waals surface area (Å²) in [6.45, 7) is 2.69. The molecule has 1 aliphatic heterocycles. The lowest BCUT2D eigenvalue weighted by atomic mass is 10.1. The summed E-state index contributed by atoms with van der Waals surface area (Å²) < 4.78 is 29.1. The van der Waals surface area contributed by atoms with Crippen LogP contribution in [0.5, 0.6) is 5.75 Å². The number of benzene rings is 1. The van der Waals surface area contributed by atoms with E-state index in [0.29, 0.717) is 30.9 Å². The second kappa shape index (κ2) is 7.53. The van der Waals surface area contributed by atoms with Crippen LogP contribution in [0, 0.1) is 0 Å². The Morgan fingerprint density at radius 3 is 2.92 bits per heavy atom. The molecule has 6 nitrogen and oxygen atoms in total. The van der Waals surface area contributed by atoms with Gasteiger partial charge < -0.3 is 9.64 Å². The van der Waals surface area contributed by atoms with Crippen molar-refractivity contribution in [1.82, 2.24) is 9.88 Å². The van der Waals surface area contributed by atoms with Crippen LogP contribution >= 0.6 is 11.3 Å². The van der Waals surface area contributed by atoms with Gasteiger partial charge in [0.2, 0.25) is 0 Å². The van der Waals surface area contributed by atoms with Gasteiger partial charge in [-0.25, -0.2) is 13.4 Å². The number of hydrogen-bond acceptors (Lipinski definition) is 6. The summed E-state index contributed by atoms with van der Waals surface area (Å²) in [4.78, 5) is 18.6. The first kappa shape index (κ1) is 17.9. The standard InChI is InChI=1S/C17H20N2O4S2/c1-2-19(15-6-7-25(21,22)11-15)17(20)13-4-3-5-16(8-13)23-9-14-10-24-12-18-14/h3-5,8,10,12,15H,2,6-7,9,11H2,1H3. The predicted octanol–water partition coefficient (Wildman–Crippen LogP) is 2.37. The molecule has 2 aromatic rings. The number of carbonyl (C=O) groups excluding carboxylic acids is 1. The largest absolute Gasteiger partial charge is 0.487 e. The van der Waals surface area contributed by atoms with Crippen molar-refractivity contribution >= 4 is 27.1 Å². The molecule has 3 rings (SSSR count). The Hall–Kier alpha value is -1.93. The molecule has 0 bridgehead atoms. The van der Waals surface area contributed by atoms with E-state index in [4.69, 9.17) is 4.74 Å². The summed E-state index contributed by atoms with van der Waals surface area (Å²) in [5, 5.41) is 1.91. The quantitative estimate of drug-likeness (QED) is 0.769. The van der Waals surface area contributed by atoms with Crippen LogP contribution in [0.15, 0.2) is 35.2 Å². The number of thiazole rings is 1. The Morgan fingerprint density at radius 2 is 2.28 bits per heavy atom. The fourth-order valence-electron chi connectivity index (χ4n) is 2.94. The Balaban J connectivity index is 1.71. The monoisotopic (exact) mass is 380 g/mol. The van der Waals surface area contributed by atoms with Crippen LogP contribution in [0.1, 0.15) is 29.4 Å². The van der Waals surface area contributed by atoms with Gasteiger partial charge in [-0.05, 0) is 31.5 Å². The lowest BCUT2D eigenvalue weighted by Crippen LogP contribution is -2.40. The normalized spacial score (nSPS) is 18.8. The maximum absolute atomic E-state index is 12.8. The van der Waals surface area contributed by atoms with Crippen molar-refractivity contribution in [2.45, 2.75) is 26.0 Å². The number of carbonyl (C=O) groups is 1. The summed E-state index contributed by atoms with van der Waals surface area (Å²) in [6.07, 6.45) is 0.502. The molecule has 8 heteroatoms. The van der Waals surface area contributed by atoms with Crippen LogP contribution in [0.3, 0.4) is 0 Å². The highest BCUT2D eigenvalue weighted by molar-refractivity contribution is 7.91. The minimum absolute atomic E-state index is 0.0482. The van der Waals surface area contributed by atoms with Gasteiger partial charge in [0.15, 0.2) is 9.84 Å². The van der Waals surface area contributed by atoms with E-state index in [0.717, 1.165) is 5.69 Å². The minimum atomic E-state index is -3.03. The Kier molecular flexibility index (Phi) is 5.39. The summed E-state index contributed by atoms with van der Waals surface area (Å²) >= 11 is 1.50.